The molecule has 1 N–H and O–H groups in total. The van der Waals surface area contributed by atoms with Gasteiger partial charge in [-0.1, -0.05) is 39.5 Å². The van der Waals surface area contributed by atoms with Crippen molar-refractivity contribution in [3.05, 3.63) is 52.3 Å². The van der Waals surface area contributed by atoms with Crippen molar-refractivity contribution < 1.29 is 0 Å². The average molecular weight is 366 g/mol. The van der Waals surface area contributed by atoms with Crippen LogP contribution in [0.2, 0.25) is 0 Å². The topological polar surface area (TPSA) is 41.6 Å². The van der Waals surface area contributed by atoms with Crippen LogP contribution in [0.25, 0.3) is 11.0 Å². The number of nitrogens with zero attached hydrogens (tertiary/aromatic N) is 2. The first-order valence-corrected chi connectivity index (χ1v) is 10.2. The van der Waals surface area contributed by atoms with E-state index in [0.29, 0.717) is 0 Å². The summed E-state index contributed by atoms with van der Waals surface area (Å²) < 4.78 is 0. The maximum Gasteiger partial charge on any atom is 0.166 e. The molecule has 3 aromatic rings. The summed E-state index contributed by atoms with van der Waals surface area (Å²) in [5.41, 5.74) is 9.27. The van der Waals surface area contributed by atoms with E-state index in [-0.39, 0.29) is 10.8 Å². The molecule has 1 aromatic carbocycles. The first kappa shape index (κ1) is 17.6. The predicted molar refractivity (Wildman–Crippen MR) is 110 cm³/mol. The molecule has 0 spiro atoms. The number of H-pyrrole nitrogens is 1. The molecule has 2 aromatic heterocycles. The number of benzene rings is 1. The van der Waals surface area contributed by atoms with Crippen LogP contribution >= 0.6 is 11.8 Å². The largest absolute Gasteiger partial charge is 0.333 e. The smallest absolute Gasteiger partial charge is 0.166 e. The van der Waals surface area contributed by atoms with Crippen molar-refractivity contribution >= 4 is 22.8 Å². The number of nitrogens with one attached hydrogen (secondary N) is 1. The molecule has 0 unspecified atom stereocenters. The van der Waals surface area contributed by atoms with Crippen LogP contribution in [0.15, 0.2) is 29.6 Å². The van der Waals surface area contributed by atoms with Crippen molar-refractivity contribution in [2.45, 2.75) is 69.7 Å². The number of aromatic amines is 1. The Morgan fingerprint density at radius 3 is 2.50 bits per heavy atom. The van der Waals surface area contributed by atoms with Crippen LogP contribution in [0, 0.1) is 13.8 Å². The minimum atomic E-state index is 0.210. The van der Waals surface area contributed by atoms with Gasteiger partial charge >= 0.3 is 0 Å². The molecule has 0 bridgehead atoms. The van der Waals surface area contributed by atoms with Crippen molar-refractivity contribution in [2.75, 3.05) is 0 Å². The molecule has 3 nitrogen and oxygen atoms in total. The molecule has 2 heterocycles. The van der Waals surface area contributed by atoms with Crippen molar-refractivity contribution in [2.24, 2.45) is 0 Å². The molecule has 136 valence electrons. The number of aromatic nitrogens is 3. The van der Waals surface area contributed by atoms with Gasteiger partial charge in [-0.25, -0.2) is 4.98 Å². The van der Waals surface area contributed by atoms with E-state index in [4.69, 9.17) is 4.98 Å². The van der Waals surface area contributed by atoms with Gasteiger partial charge < -0.3 is 4.98 Å². The Labute approximate surface area is 160 Å². The van der Waals surface area contributed by atoms with E-state index in [1.807, 2.05) is 6.20 Å². The minimum Gasteiger partial charge on any atom is -0.333 e. The Hall–Kier alpha value is -1.81. The third-order valence-corrected chi connectivity index (χ3v) is 6.75. The van der Waals surface area contributed by atoms with E-state index in [9.17, 15) is 0 Å². The van der Waals surface area contributed by atoms with Crippen LogP contribution in [0.1, 0.15) is 62.1 Å². The van der Waals surface area contributed by atoms with E-state index in [1.165, 1.54) is 28.7 Å². The highest BCUT2D eigenvalue weighted by atomic mass is 32.2. The highest BCUT2D eigenvalue weighted by Crippen LogP contribution is 2.50. The van der Waals surface area contributed by atoms with E-state index >= 15 is 0 Å². The van der Waals surface area contributed by atoms with Gasteiger partial charge in [-0.2, -0.15) is 0 Å². The Bertz CT molecular complexity index is 947. The molecule has 0 saturated carbocycles. The standard InChI is InChI=1S/C22H27N3S/c1-13-7-8-23-19(14(13)2)11-26-20-24-17-9-15-16(10-18(17)25-20)22(5,6)12-21(15,3)4/h7-10H,11-12H2,1-6H3,(H,24,25). The monoisotopic (exact) mass is 365 g/mol. The number of rotatable bonds is 3. The molecule has 0 saturated heterocycles. The molecule has 4 heteroatoms. The van der Waals surface area contributed by atoms with Crippen LogP contribution in [-0.4, -0.2) is 15.0 Å². The second kappa shape index (κ2) is 5.85. The maximum atomic E-state index is 4.85. The predicted octanol–water partition coefficient (Wildman–Crippen LogP) is 5.83. The first-order valence-electron chi connectivity index (χ1n) is 9.26. The van der Waals surface area contributed by atoms with E-state index in [1.54, 1.807) is 11.8 Å². The summed E-state index contributed by atoms with van der Waals surface area (Å²) in [7, 11) is 0. The summed E-state index contributed by atoms with van der Waals surface area (Å²) in [6.07, 6.45) is 3.08. The second-order valence-electron chi connectivity index (χ2n) is 8.89. The number of pyridine rings is 1. The van der Waals surface area contributed by atoms with Gasteiger partial charge in [-0.3, -0.25) is 4.98 Å². The van der Waals surface area contributed by atoms with Gasteiger partial charge in [0.05, 0.1) is 16.7 Å². The lowest BCUT2D eigenvalue weighted by atomic mass is 9.82. The van der Waals surface area contributed by atoms with Gasteiger partial charge in [0, 0.05) is 11.9 Å². The summed E-state index contributed by atoms with van der Waals surface area (Å²) >= 11 is 1.73. The number of imidazole rings is 1. The van der Waals surface area contributed by atoms with Gasteiger partial charge in [0.25, 0.3) is 0 Å². The molecule has 1 aliphatic carbocycles. The molecular weight excluding hydrogens is 338 g/mol. The van der Waals surface area contributed by atoms with Gasteiger partial charge in [-0.05, 0) is 71.6 Å². The van der Waals surface area contributed by atoms with Gasteiger partial charge in [0.15, 0.2) is 5.16 Å². The summed E-state index contributed by atoms with van der Waals surface area (Å²) in [4.78, 5) is 12.9. The summed E-state index contributed by atoms with van der Waals surface area (Å²) in [6.45, 7) is 13.7. The van der Waals surface area contributed by atoms with Crippen LogP contribution in [-0.2, 0) is 16.6 Å². The molecule has 0 aliphatic heterocycles. The lowest BCUT2D eigenvalue weighted by Crippen LogP contribution is -2.17. The second-order valence-corrected chi connectivity index (χ2v) is 9.85. The number of hydrogen-bond acceptors (Lipinski definition) is 3. The Morgan fingerprint density at radius 2 is 1.77 bits per heavy atom. The Balaban J connectivity index is 1.66. The summed E-state index contributed by atoms with van der Waals surface area (Å²) in [5, 5.41) is 0.974. The van der Waals surface area contributed by atoms with Crippen LogP contribution in [0.4, 0.5) is 0 Å². The van der Waals surface area contributed by atoms with Crippen molar-refractivity contribution in [1.29, 1.82) is 0 Å². The minimum absolute atomic E-state index is 0.210. The fourth-order valence-electron chi connectivity index (χ4n) is 4.49. The number of aryl methyl sites for hydroxylation is 1. The molecule has 0 fully saturated rings. The molecule has 1 aliphatic rings. The molecule has 26 heavy (non-hydrogen) atoms. The molecular formula is C22H27N3S. The SMILES string of the molecule is Cc1ccnc(CSc2nc3cc4c(cc3[nH]2)C(C)(C)CC4(C)C)c1C. The summed E-state index contributed by atoms with van der Waals surface area (Å²) in [5.74, 6) is 0.837. The molecule has 0 atom stereocenters. The van der Waals surface area contributed by atoms with E-state index < -0.39 is 0 Å². The van der Waals surface area contributed by atoms with Crippen molar-refractivity contribution in [1.82, 2.24) is 15.0 Å². The van der Waals surface area contributed by atoms with Crippen LogP contribution in [0.5, 0.6) is 0 Å². The average Bonchev–Trinajstić information content (AvgIpc) is 3.03. The fraction of sp³-hybridized carbons (Fsp3) is 0.455. The number of fused-ring (bicyclic) bond motifs is 2. The quantitative estimate of drug-likeness (QED) is 0.594. The van der Waals surface area contributed by atoms with E-state index in [0.717, 1.165) is 27.6 Å². The van der Waals surface area contributed by atoms with E-state index in [2.05, 4.69) is 69.7 Å². The maximum absolute atomic E-state index is 4.85. The lowest BCUT2D eigenvalue weighted by molar-refractivity contribution is 0.403. The van der Waals surface area contributed by atoms with Crippen molar-refractivity contribution in [3.8, 4) is 0 Å². The summed E-state index contributed by atoms with van der Waals surface area (Å²) in [6, 6.07) is 6.69. The van der Waals surface area contributed by atoms with Gasteiger partial charge in [0.2, 0.25) is 0 Å². The Kier molecular flexibility index (Phi) is 3.96. The third kappa shape index (κ3) is 2.84. The highest BCUT2D eigenvalue weighted by molar-refractivity contribution is 7.98. The van der Waals surface area contributed by atoms with Gasteiger partial charge in [-0.15, -0.1) is 0 Å². The molecule has 0 amide bonds. The van der Waals surface area contributed by atoms with Crippen LogP contribution in [0.3, 0.4) is 0 Å². The lowest BCUT2D eigenvalue weighted by Gasteiger charge is -2.22. The Morgan fingerprint density at radius 1 is 1.08 bits per heavy atom. The number of hydrogen-bond donors (Lipinski definition) is 1. The first-order chi connectivity index (χ1) is 12.2. The fourth-order valence-corrected chi connectivity index (χ4v) is 5.40. The zero-order chi connectivity index (χ0) is 18.7. The van der Waals surface area contributed by atoms with Crippen LogP contribution < -0.4 is 0 Å². The van der Waals surface area contributed by atoms with Gasteiger partial charge in [0.1, 0.15) is 0 Å². The third-order valence-electron chi connectivity index (χ3n) is 5.87. The highest BCUT2D eigenvalue weighted by Gasteiger charge is 2.42. The van der Waals surface area contributed by atoms with Crippen molar-refractivity contribution in [3.63, 3.8) is 0 Å². The molecule has 0 radical (unpaired) electrons. The normalized spacial score (nSPS) is 17.6. The molecule has 4 rings (SSSR count). The zero-order valence-electron chi connectivity index (χ0n) is 16.5. The number of thioether (sulfide) groups is 1. The zero-order valence-corrected chi connectivity index (χ0v) is 17.3.